The van der Waals surface area contributed by atoms with Gasteiger partial charge in [0.15, 0.2) is 9.84 Å². The first-order valence-corrected chi connectivity index (χ1v) is 9.11. The maximum absolute atomic E-state index is 12.4. The van der Waals surface area contributed by atoms with Crippen molar-refractivity contribution in [2.45, 2.75) is 24.8 Å². The molecule has 1 aromatic rings. The molecule has 3 N–H and O–H groups in total. The lowest BCUT2D eigenvalue weighted by Crippen LogP contribution is -2.36. The Morgan fingerprint density at radius 1 is 1.25 bits per heavy atom. The Balaban J connectivity index is 2.38. The Morgan fingerprint density at radius 2 is 1.85 bits per heavy atom. The van der Waals surface area contributed by atoms with E-state index < -0.39 is 25.9 Å². The number of hydrogen-bond acceptors (Lipinski definition) is 5. The highest BCUT2D eigenvalue weighted by molar-refractivity contribution is 7.94. The monoisotopic (exact) mass is 316 g/mol. The number of anilines is 1. The van der Waals surface area contributed by atoms with Gasteiger partial charge >= 0.3 is 0 Å². The smallest absolute Gasteiger partial charge is 0.243 e. The van der Waals surface area contributed by atoms with E-state index in [0.717, 1.165) is 5.41 Å². The summed E-state index contributed by atoms with van der Waals surface area (Å²) in [6, 6.07) is 2.65. The number of rotatable bonds is 3. The molecular weight excluding hydrogens is 300 g/mol. The lowest BCUT2D eigenvalue weighted by atomic mass is 10.1. The number of aryl methyl sites for hydroxylation is 2. The van der Waals surface area contributed by atoms with Crippen molar-refractivity contribution in [3.05, 3.63) is 34.7 Å². The Morgan fingerprint density at radius 3 is 2.40 bits per heavy atom. The molecule has 1 unspecified atom stereocenters. The second kappa shape index (κ2) is 4.87. The SMILES string of the molecule is Cc1ccc(C)c(S(=O)(=O)NC2C=CS(=O)(=O)C2)c1N. The molecule has 2 rings (SSSR count). The van der Waals surface area contributed by atoms with Crippen LogP contribution in [0.4, 0.5) is 5.69 Å². The second-order valence-corrected chi connectivity index (χ2v) is 8.41. The third-order valence-electron chi connectivity index (χ3n) is 3.12. The van der Waals surface area contributed by atoms with Gasteiger partial charge in [0.25, 0.3) is 0 Å². The van der Waals surface area contributed by atoms with Crippen LogP contribution in [-0.2, 0) is 19.9 Å². The molecule has 1 aromatic carbocycles. The fourth-order valence-corrected chi connectivity index (χ4v) is 5.03. The van der Waals surface area contributed by atoms with Crippen molar-refractivity contribution in [3.63, 3.8) is 0 Å². The van der Waals surface area contributed by atoms with Gasteiger partial charge in [-0.05, 0) is 25.0 Å². The molecule has 0 bridgehead atoms. The third-order valence-corrected chi connectivity index (χ3v) is 6.20. The first-order chi connectivity index (χ1) is 9.12. The van der Waals surface area contributed by atoms with E-state index in [-0.39, 0.29) is 16.3 Å². The minimum atomic E-state index is -3.87. The molecular formula is C12H16N2O4S2. The van der Waals surface area contributed by atoms with Crippen LogP contribution in [0, 0.1) is 13.8 Å². The maximum Gasteiger partial charge on any atom is 0.243 e. The Bertz CT molecular complexity index is 780. The van der Waals surface area contributed by atoms with Crippen molar-refractivity contribution in [3.8, 4) is 0 Å². The number of sulfonamides is 1. The summed E-state index contributed by atoms with van der Waals surface area (Å²) in [4.78, 5) is 0.00944. The molecule has 1 aliphatic heterocycles. The number of nitrogens with two attached hydrogens (primary N) is 1. The molecule has 110 valence electrons. The molecule has 20 heavy (non-hydrogen) atoms. The van der Waals surface area contributed by atoms with Gasteiger partial charge in [-0.1, -0.05) is 18.2 Å². The molecule has 1 atom stereocenters. The van der Waals surface area contributed by atoms with Gasteiger partial charge in [-0.15, -0.1) is 0 Å². The minimum absolute atomic E-state index is 0.00944. The number of nitrogen functional groups attached to an aromatic ring is 1. The Kier molecular flexibility index (Phi) is 3.66. The highest BCUT2D eigenvalue weighted by Crippen LogP contribution is 2.26. The number of sulfone groups is 1. The summed E-state index contributed by atoms with van der Waals surface area (Å²) in [7, 11) is -7.19. The summed E-state index contributed by atoms with van der Waals surface area (Å²) in [6.07, 6.45) is 1.33. The van der Waals surface area contributed by atoms with Crippen molar-refractivity contribution in [2.75, 3.05) is 11.5 Å². The van der Waals surface area contributed by atoms with Crippen molar-refractivity contribution in [2.24, 2.45) is 0 Å². The molecule has 0 saturated heterocycles. The zero-order valence-electron chi connectivity index (χ0n) is 11.1. The molecule has 1 heterocycles. The van der Waals surface area contributed by atoms with Gasteiger partial charge in [0.2, 0.25) is 10.0 Å². The van der Waals surface area contributed by atoms with E-state index in [1.54, 1.807) is 26.0 Å². The lowest BCUT2D eigenvalue weighted by molar-refractivity contribution is 0.574. The number of benzene rings is 1. The van der Waals surface area contributed by atoms with Crippen molar-refractivity contribution < 1.29 is 16.8 Å². The van der Waals surface area contributed by atoms with E-state index >= 15 is 0 Å². The van der Waals surface area contributed by atoms with Crippen LogP contribution in [0.25, 0.3) is 0 Å². The number of hydrogen-bond donors (Lipinski definition) is 2. The summed E-state index contributed by atoms with van der Waals surface area (Å²) in [5.74, 6) is -0.267. The standard InChI is InChI=1S/C12H16N2O4S2/c1-8-3-4-9(2)12(11(8)13)20(17,18)14-10-5-6-19(15,16)7-10/h3-6,10,14H,7,13H2,1-2H3. The van der Waals surface area contributed by atoms with E-state index in [2.05, 4.69) is 4.72 Å². The van der Waals surface area contributed by atoms with Gasteiger partial charge in [-0.2, -0.15) is 0 Å². The van der Waals surface area contributed by atoms with E-state index in [0.29, 0.717) is 11.1 Å². The normalized spacial score (nSPS) is 21.2. The summed E-state index contributed by atoms with van der Waals surface area (Å²) >= 11 is 0. The summed E-state index contributed by atoms with van der Waals surface area (Å²) in [6.45, 7) is 3.36. The predicted molar refractivity (Wildman–Crippen MR) is 77.4 cm³/mol. The molecule has 0 saturated carbocycles. The van der Waals surface area contributed by atoms with Crippen LogP contribution >= 0.6 is 0 Å². The van der Waals surface area contributed by atoms with Crippen LogP contribution < -0.4 is 10.5 Å². The zero-order chi connectivity index (χ0) is 15.1. The van der Waals surface area contributed by atoms with Crippen LogP contribution in [0.2, 0.25) is 0 Å². The average Bonchev–Trinajstić information content (AvgIpc) is 2.62. The molecule has 0 aromatic heterocycles. The summed E-state index contributed by atoms with van der Waals surface area (Å²) in [5.41, 5.74) is 7.20. The van der Waals surface area contributed by atoms with E-state index in [1.165, 1.54) is 6.08 Å². The van der Waals surface area contributed by atoms with Crippen LogP contribution in [0.3, 0.4) is 0 Å². The van der Waals surface area contributed by atoms with Gasteiger partial charge in [0.1, 0.15) is 4.90 Å². The van der Waals surface area contributed by atoms with Gasteiger partial charge in [-0.3, -0.25) is 0 Å². The number of nitrogens with one attached hydrogen (secondary N) is 1. The van der Waals surface area contributed by atoms with Gasteiger partial charge in [0, 0.05) is 5.41 Å². The highest BCUT2D eigenvalue weighted by atomic mass is 32.2. The van der Waals surface area contributed by atoms with E-state index in [9.17, 15) is 16.8 Å². The van der Waals surface area contributed by atoms with Gasteiger partial charge < -0.3 is 5.73 Å². The van der Waals surface area contributed by atoms with Crippen molar-refractivity contribution >= 4 is 25.5 Å². The molecule has 0 spiro atoms. The third kappa shape index (κ3) is 2.87. The lowest BCUT2D eigenvalue weighted by Gasteiger charge is -2.15. The van der Waals surface area contributed by atoms with Crippen LogP contribution in [0.1, 0.15) is 11.1 Å². The van der Waals surface area contributed by atoms with Crippen LogP contribution in [-0.4, -0.2) is 28.6 Å². The first kappa shape index (κ1) is 15.0. The highest BCUT2D eigenvalue weighted by Gasteiger charge is 2.29. The van der Waals surface area contributed by atoms with Gasteiger partial charge in [-0.25, -0.2) is 21.6 Å². The molecule has 1 aliphatic rings. The maximum atomic E-state index is 12.4. The minimum Gasteiger partial charge on any atom is -0.397 e. The Hall–Kier alpha value is -1.38. The largest absolute Gasteiger partial charge is 0.397 e. The fraction of sp³-hybridized carbons (Fsp3) is 0.333. The molecule has 8 heteroatoms. The van der Waals surface area contributed by atoms with E-state index in [1.807, 2.05) is 0 Å². The van der Waals surface area contributed by atoms with Crippen LogP contribution in [0.15, 0.2) is 28.5 Å². The molecule has 0 fully saturated rings. The molecule has 0 aliphatic carbocycles. The van der Waals surface area contributed by atoms with Crippen molar-refractivity contribution in [1.82, 2.24) is 4.72 Å². The second-order valence-electron chi connectivity index (χ2n) is 4.83. The first-order valence-electron chi connectivity index (χ1n) is 5.91. The average molecular weight is 316 g/mol. The predicted octanol–water partition coefficient (Wildman–Crippen LogP) is 0.475. The molecule has 6 nitrogen and oxygen atoms in total. The molecule has 0 amide bonds. The Labute approximate surface area is 118 Å². The quantitative estimate of drug-likeness (QED) is 0.789. The topological polar surface area (TPSA) is 106 Å². The van der Waals surface area contributed by atoms with E-state index in [4.69, 9.17) is 5.73 Å². The van der Waals surface area contributed by atoms with Crippen molar-refractivity contribution in [1.29, 1.82) is 0 Å². The zero-order valence-corrected chi connectivity index (χ0v) is 12.8. The summed E-state index contributed by atoms with van der Waals surface area (Å²) in [5, 5.41) is 1.02. The molecule has 0 radical (unpaired) electrons. The van der Waals surface area contributed by atoms with Gasteiger partial charge in [0.05, 0.1) is 17.5 Å². The summed E-state index contributed by atoms with van der Waals surface area (Å²) < 4.78 is 49.7. The van der Waals surface area contributed by atoms with Crippen LogP contribution in [0.5, 0.6) is 0 Å². The fourth-order valence-electron chi connectivity index (χ4n) is 2.07.